The highest BCUT2D eigenvalue weighted by Crippen LogP contribution is 2.77. The van der Waals surface area contributed by atoms with Crippen LogP contribution >= 0.6 is 11.8 Å². The maximum Gasteiger partial charge on any atom is 0.501 e. The standard InChI is InChI=1S/C65H76F3N9O11S3/c1-62(2)25-23-43(49(36-62)64-39-63(3,40-64)41-64)37-74-29-31-75(32-30-74)45-17-15-42(16-18-45)58(81)72-91(87,88)47-19-20-50(53(35-47)90(85,86)65(66,67)68)69-44(38-89-46-9-5-4-6-10-46)24-26-73-27-33-76(34-28-73)56(80)14-8-13-54(78)70-51-12-7-11-48-57(51)61(84)77(60(48)83)52-21-22-55(79)71-59(52)82/h4-7,9-12,15-20,35,44,52,69H,8,13-14,21-34,36-41H2,1-3H3,(H,70,78)(H,72,81)(H,71,79,82)/t44-,52?,63?,64?/m1/s1. The molecule has 12 rings (SSSR count). The van der Waals surface area contributed by atoms with Crippen molar-refractivity contribution in [2.75, 3.05) is 86.7 Å². The first-order valence-corrected chi connectivity index (χ1v) is 35.0. The predicted molar refractivity (Wildman–Crippen MR) is 336 cm³/mol. The Hall–Kier alpha value is -7.13. The molecule has 26 heteroatoms. The lowest BCUT2D eigenvalue weighted by Gasteiger charge is -2.72. The van der Waals surface area contributed by atoms with Crippen LogP contribution in [0.3, 0.4) is 0 Å². The van der Waals surface area contributed by atoms with Gasteiger partial charge in [0, 0.05) is 113 Å². The zero-order valence-corrected chi connectivity index (χ0v) is 53.6. The van der Waals surface area contributed by atoms with Gasteiger partial charge in [0.2, 0.25) is 23.6 Å². The van der Waals surface area contributed by atoms with E-state index in [0.29, 0.717) is 55.0 Å². The van der Waals surface area contributed by atoms with E-state index in [1.165, 1.54) is 74.2 Å². The van der Waals surface area contributed by atoms with Crippen LogP contribution in [0.15, 0.2) is 117 Å². The molecule has 3 saturated carbocycles. The first-order valence-electron chi connectivity index (χ1n) is 31.0. The largest absolute Gasteiger partial charge is 0.501 e. The maximum atomic E-state index is 14.5. The summed E-state index contributed by atoms with van der Waals surface area (Å²) in [5, 5.41) is 7.79. The van der Waals surface area contributed by atoms with Crippen LogP contribution in [0.1, 0.15) is 129 Å². The third kappa shape index (κ3) is 14.1. The summed E-state index contributed by atoms with van der Waals surface area (Å²) in [7, 11) is -11.1. The number of piperidine rings is 1. The highest BCUT2D eigenvalue weighted by Gasteiger charge is 2.67. The molecule has 4 aromatic carbocycles. The minimum atomic E-state index is -6.18. The van der Waals surface area contributed by atoms with Crippen molar-refractivity contribution >= 4 is 90.0 Å². The number of nitrogens with zero attached hydrogens (tertiary/aromatic N) is 5. The number of thioether (sulfide) groups is 1. The topological polar surface area (TPSA) is 252 Å². The number of hydrogen-bond acceptors (Lipinski definition) is 16. The smallest absolute Gasteiger partial charge is 0.380 e. The van der Waals surface area contributed by atoms with Crippen LogP contribution in [-0.4, -0.2) is 167 Å². The first-order chi connectivity index (χ1) is 43.1. The van der Waals surface area contributed by atoms with E-state index in [2.05, 4.69) is 46.5 Å². The number of imide groups is 2. The Kier molecular flexibility index (Phi) is 18.5. The second-order valence-corrected chi connectivity index (χ2v) is 31.1. The van der Waals surface area contributed by atoms with E-state index in [9.17, 15) is 63.6 Å². The average molecular weight is 1310 g/mol. The van der Waals surface area contributed by atoms with Crippen molar-refractivity contribution in [2.45, 2.75) is 130 Å². The summed E-state index contributed by atoms with van der Waals surface area (Å²) < 4.78 is 99.8. The number of carbonyl (C=O) groups excluding carboxylic acids is 7. The van der Waals surface area contributed by atoms with Gasteiger partial charge in [0.25, 0.3) is 37.6 Å². The molecule has 20 nitrogen and oxygen atoms in total. The van der Waals surface area contributed by atoms with Crippen LogP contribution in [-0.2, 0) is 39.0 Å². The third-order valence-electron chi connectivity index (χ3n) is 19.1. The van der Waals surface area contributed by atoms with E-state index in [-0.39, 0.29) is 72.6 Å². The molecule has 3 saturated heterocycles. The quantitative estimate of drug-likeness (QED) is 0.0328. The molecule has 4 aliphatic heterocycles. The maximum absolute atomic E-state index is 14.5. The van der Waals surface area contributed by atoms with E-state index >= 15 is 0 Å². The summed E-state index contributed by atoms with van der Waals surface area (Å²) in [6, 6.07) is 20.3. The number of rotatable bonds is 22. The van der Waals surface area contributed by atoms with Gasteiger partial charge in [-0.25, -0.2) is 21.6 Å². The molecule has 4 aromatic rings. The lowest BCUT2D eigenvalue weighted by Crippen LogP contribution is -2.61. The van der Waals surface area contributed by atoms with Crippen molar-refractivity contribution in [3.05, 3.63) is 119 Å². The van der Waals surface area contributed by atoms with Crippen molar-refractivity contribution in [3.63, 3.8) is 0 Å². The number of sulfonamides is 1. The van der Waals surface area contributed by atoms with Gasteiger partial charge >= 0.3 is 5.51 Å². The molecule has 2 bridgehead atoms. The van der Waals surface area contributed by atoms with Crippen LogP contribution < -0.4 is 25.6 Å². The van der Waals surface area contributed by atoms with Crippen LogP contribution in [0.2, 0.25) is 0 Å². The van der Waals surface area contributed by atoms with E-state index in [1.54, 1.807) is 28.2 Å². The molecule has 0 spiro atoms. The minimum absolute atomic E-state index is 0.000342. The SMILES string of the molecule is CC1(C)CCC(CN2CCN(c3ccc(C(=O)NS(=O)(=O)c4ccc(N[C@H](CCN5CCN(C(=O)CCCC(=O)Nc6cccc7c6C(=O)N(C6CCC(=O)NC6=O)C7=O)CC5)CSc5ccccc5)c(S(=O)(=O)C(F)(F)F)c4)cc3)CC2)=C(C23CC(C)(C2)C3)C1. The summed E-state index contributed by atoms with van der Waals surface area (Å²) in [6.07, 6.45) is 7.71. The second kappa shape index (κ2) is 25.8. The molecule has 1 unspecified atom stereocenters. The number of alkyl halides is 3. The highest BCUT2D eigenvalue weighted by atomic mass is 32.2. The lowest BCUT2D eigenvalue weighted by atomic mass is 9.33. The number of halogens is 3. The van der Waals surface area contributed by atoms with Gasteiger partial charge in [0.05, 0.1) is 27.4 Å². The van der Waals surface area contributed by atoms with Gasteiger partial charge in [0.1, 0.15) is 10.9 Å². The zero-order valence-electron chi connectivity index (χ0n) is 51.2. The number of nitrogens with one attached hydrogen (secondary N) is 4. The second-order valence-electron chi connectivity index (χ2n) is 26.4. The number of carbonyl (C=O) groups is 7. The van der Waals surface area contributed by atoms with Crippen molar-refractivity contribution < 1.29 is 63.6 Å². The Morgan fingerprint density at radius 1 is 0.769 bits per heavy atom. The van der Waals surface area contributed by atoms with E-state index in [1.807, 2.05) is 40.0 Å². The Morgan fingerprint density at radius 2 is 1.46 bits per heavy atom. The van der Waals surface area contributed by atoms with Gasteiger partial charge in [-0.2, -0.15) is 13.2 Å². The van der Waals surface area contributed by atoms with Crippen molar-refractivity contribution in [1.82, 2.24) is 29.6 Å². The fourth-order valence-corrected chi connectivity index (χ4v) is 17.4. The highest BCUT2D eigenvalue weighted by molar-refractivity contribution is 7.99. The Balaban J connectivity index is 0.679. The molecular weight excluding hydrogens is 1240 g/mol. The number of hydrogen-bond donors (Lipinski definition) is 4. The monoisotopic (exact) mass is 1310 g/mol. The average Bonchev–Trinajstić information content (AvgIpc) is 1.16. The summed E-state index contributed by atoms with van der Waals surface area (Å²) >= 11 is 1.37. The zero-order chi connectivity index (χ0) is 64.8. The summed E-state index contributed by atoms with van der Waals surface area (Å²) in [5.74, 6) is -4.32. The summed E-state index contributed by atoms with van der Waals surface area (Å²) in [6.45, 7) is 13.2. The third-order valence-corrected chi connectivity index (χ3v) is 23.1. The fraction of sp³-hybridized carbons (Fsp3) is 0.492. The number of piperazine rings is 2. The van der Waals surface area contributed by atoms with Crippen LogP contribution in [0.4, 0.5) is 30.2 Å². The van der Waals surface area contributed by atoms with Gasteiger partial charge in [0.15, 0.2) is 0 Å². The predicted octanol–water partition coefficient (Wildman–Crippen LogP) is 8.24. The van der Waals surface area contributed by atoms with E-state index < -0.39 is 88.4 Å². The minimum Gasteiger partial charge on any atom is -0.380 e. The molecule has 486 valence electrons. The first kappa shape index (κ1) is 65.4. The number of anilines is 3. The van der Waals surface area contributed by atoms with Crippen molar-refractivity contribution in [1.29, 1.82) is 0 Å². The molecule has 2 atom stereocenters. The Labute approximate surface area is 532 Å². The van der Waals surface area contributed by atoms with Crippen LogP contribution in [0, 0.1) is 16.2 Å². The molecule has 6 fully saturated rings. The van der Waals surface area contributed by atoms with Gasteiger partial charge in [-0.05, 0) is 141 Å². The Morgan fingerprint density at radius 3 is 2.13 bits per heavy atom. The fourth-order valence-electron chi connectivity index (χ4n) is 14.4. The van der Waals surface area contributed by atoms with Gasteiger partial charge in [-0.1, -0.05) is 56.2 Å². The number of benzene rings is 4. The van der Waals surface area contributed by atoms with Gasteiger partial charge in [-0.3, -0.25) is 53.6 Å². The summed E-state index contributed by atoms with van der Waals surface area (Å²) in [5.41, 5.74) is -0.899. The van der Waals surface area contributed by atoms with Crippen molar-refractivity contribution in [2.24, 2.45) is 16.2 Å². The van der Waals surface area contributed by atoms with E-state index in [0.717, 1.165) is 66.8 Å². The molecule has 7 amide bonds. The molecule has 0 aromatic heterocycles. The van der Waals surface area contributed by atoms with Gasteiger partial charge in [-0.15, -0.1) is 11.8 Å². The lowest BCUT2D eigenvalue weighted by molar-refractivity contribution is -0.167. The number of allylic oxidation sites excluding steroid dienone is 1. The van der Waals surface area contributed by atoms with Gasteiger partial charge < -0.3 is 20.4 Å². The Bertz CT molecular complexity index is 3790. The normalized spacial score (nSPS) is 23.2. The molecule has 4 heterocycles. The van der Waals surface area contributed by atoms with E-state index in [4.69, 9.17) is 0 Å². The van der Waals surface area contributed by atoms with Crippen LogP contribution in [0.5, 0.6) is 0 Å². The molecule has 4 N–H and O–H groups in total. The molecule has 8 aliphatic rings. The number of amides is 7. The van der Waals surface area contributed by atoms with Crippen molar-refractivity contribution in [3.8, 4) is 0 Å². The summed E-state index contributed by atoms with van der Waals surface area (Å²) in [4.78, 5) is 98.9. The van der Waals surface area contributed by atoms with Crippen LogP contribution in [0.25, 0.3) is 0 Å². The molecular formula is C65H76F3N9O11S3. The molecule has 4 aliphatic carbocycles. The number of fused-ring (bicyclic) bond motifs is 1. The number of sulfone groups is 1. The molecule has 0 radical (unpaired) electrons. The molecule has 91 heavy (non-hydrogen) atoms.